The van der Waals surface area contributed by atoms with Crippen LogP contribution in [0, 0.1) is 0 Å². The molecule has 20 heavy (non-hydrogen) atoms. The number of fused-ring (bicyclic) bond motifs is 1. The van der Waals surface area contributed by atoms with E-state index < -0.39 is 0 Å². The van der Waals surface area contributed by atoms with Crippen molar-refractivity contribution in [1.82, 2.24) is 4.98 Å². The fraction of sp³-hybridized carbons (Fsp3) is 0.176. The maximum Gasteiger partial charge on any atom is 0.0780 e. The average Bonchev–Trinajstić information content (AvgIpc) is 2.89. The van der Waals surface area contributed by atoms with E-state index in [9.17, 15) is 0 Å². The van der Waals surface area contributed by atoms with Crippen LogP contribution < -0.4 is 5.73 Å². The zero-order valence-corrected chi connectivity index (χ0v) is 12.3. The molecule has 1 aromatic heterocycles. The van der Waals surface area contributed by atoms with Crippen molar-refractivity contribution in [1.29, 1.82) is 0 Å². The summed E-state index contributed by atoms with van der Waals surface area (Å²) in [6.45, 7) is 2.12. The van der Waals surface area contributed by atoms with Gasteiger partial charge in [0.05, 0.1) is 5.03 Å². The van der Waals surface area contributed by atoms with Gasteiger partial charge in [-0.3, -0.25) is 0 Å². The van der Waals surface area contributed by atoms with E-state index in [2.05, 4.69) is 60.4 Å². The van der Waals surface area contributed by atoms with E-state index in [1.54, 1.807) is 11.8 Å². The molecular formula is C17H18N2S. The fourth-order valence-electron chi connectivity index (χ4n) is 2.32. The third-order valence-electron chi connectivity index (χ3n) is 3.48. The quantitative estimate of drug-likeness (QED) is 0.726. The van der Waals surface area contributed by atoms with Gasteiger partial charge in [0.15, 0.2) is 0 Å². The molecule has 0 saturated heterocycles. The number of H-pyrrole nitrogens is 1. The highest BCUT2D eigenvalue weighted by Gasteiger charge is 2.11. The Morgan fingerprint density at radius 3 is 2.65 bits per heavy atom. The molecular weight excluding hydrogens is 264 g/mol. The molecule has 3 heteroatoms. The molecule has 3 aromatic rings. The van der Waals surface area contributed by atoms with Crippen LogP contribution >= 0.6 is 11.8 Å². The molecule has 102 valence electrons. The highest BCUT2D eigenvalue weighted by Crippen LogP contribution is 2.34. The molecule has 0 bridgehead atoms. The smallest absolute Gasteiger partial charge is 0.0780 e. The Balaban J connectivity index is 1.94. The minimum absolute atomic E-state index is 0.100. The molecule has 0 aliphatic carbocycles. The first-order chi connectivity index (χ1) is 9.78. The monoisotopic (exact) mass is 282 g/mol. The van der Waals surface area contributed by atoms with Crippen molar-refractivity contribution in [3.8, 4) is 0 Å². The maximum absolute atomic E-state index is 6.20. The minimum Gasteiger partial charge on any atom is -0.349 e. The molecule has 0 fully saturated rings. The molecule has 3 rings (SSSR count). The lowest BCUT2D eigenvalue weighted by atomic mass is 10.1. The number of para-hydroxylation sites is 1. The van der Waals surface area contributed by atoms with Crippen LogP contribution in [0.2, 0.25) is 0 Å². The van der Waals surface area contributed by atoms with Crippen LogP contribution in [0.5, 0.6) is 0 Å². The molecule has 1 heterocycles. The van der Waals surface area contributed by atoms with Crippen LogP contribution in [-0.2, 0) is 0 Å². The Labute approximate surface area is 123 Å². The van der Waals surface area contributed by atoms with Crippen molar-refractivity contribution in [2.45, 2.75) is 29.3 Å². The predicted molar refractivity (Wildman–Crippen MR) is 86.1 cm³/mol. The zero-order chi connectivity index (χ0) is 13.9. The molecule has 2 aromatic carbocycles. The summed E-state index contributed by atoms with van der Waals surface area (Å²) >= 11 is 1.75. The number of aromatic nitrogens is 1. The van der Waals surface area contributed by atoms with Gasteiger partial charge in [0.1, 0.15) is 0 Å². The Morgan fingerprint density at radius 1 is 1.10 bits per heavy atom. The normalized spacial score (nSPS) is 12.7. The second-order valence-corrected chi connectivity index (χ2v) is 5.96. The van der Waals surface area contributed by atoms with Gasteiger partial charge in [0, 0.05) is 21.8 Å². The number of hydrogen-bond donors (Lipinski definition) is 2. The van der Waals surface area contributed by atoms with Crippen molar-refractivity contribution in [2.24, 2.45) is 5.73 Å². The fourth-order valence-corrected chi connectivity index (χ4v) is 3.39. The first-order valence-electron chi connectivity index (χ1n) is 6.88. The minimum atomic E-state index is 0.100. The second kappa shape index (κ2) is 5.73. The molecule has 0 radical (unpaired) electrons. The zero-order valence-electron chi connectivity index (χ0n) is 11.5. The van der Waals surface area contributed by atoms with E-state index in [1.807, 2.05) is 6.07 Å². The van der Waals surface area contributed by atoms with Gasteiger partial charge >= 0.3 is 0 Å². The largest absolute Gasteiger partial charge is 0.349 e. The number of aromatic amines is 1. The molecule has 0 aliphatic rings. The van der Waals surface area contributed by atoms with Crippen LogP contribution in [0.15, 0.2) is 64.5 Å². The van der Waals surface area contributed by atoms with Crippen LogP contribution in [0.1, 0.15) is 24.9 Å². The topological polar surface area (TPSA) is 41.8 Å². The number of benzene rings is 2. The van der Waals surface area contributed by atoms with Crippen LogP contribution in [0.4, 0.5) is 0 Å². The summed E-state index contributed by atoms with van der Waals surface area (Å²) in [7, 11) is 0. The van der Waals surface area contributed by atoms with Gasteiger partial charge in [-0.25, -0.2) is 0 Å². The number of rotatable bonds is 4. The Kier molecular flexibility index (Phi) is 3.81. The molecule has 0 amide bonds. The van der Waals surface area contributed by atoms with E-state index in [0.29, 0.717) is 0 Å². The summed E-state index contributed by atoms with van der Waals surface area (Å²) in [6.07, 6.45) is 0.949. The highest BCUT2D eigenvalue weighted by molar-refractivity contribution is 7.99. The molecule has 2 nitrogen and oxygen atoms in total. The Morgan fingerprint density at radius 2 is 1.85 bits per heavy atom. The lowest BCUT2D eigenvalue weighted by Crippen LogP contribution is -2.09. The molecule has 0 saturated carbocycles. The summed E-state index contributed by atoms with van der Waals surface area (Å²) in [5, 5.41) is 2.40. The summed E-state index contributed by atoms with van der Waals surface area (Å²) in [4.78, 5) is 4.68. The first-order valence-corrected chi connectivity index (χ1v) is 7.69. The summed E-state index contributed by atoms with van der Waals surface area (Å²) < 4.78 is 0. The molecule has 0 aliphatic heterocycles. The van der Waals surface area contributed by atoms with Crippen LogP contribution in [-0.4, -0.2) is 4.98 Å². The van der Waals surface area contributed by atoms with E-state index in [0.717, 1.165) is 11.4 Å². The third kappa shape index (κ3) is 2.60. The van der Waals surface area contributed by atoms with E-state index in [1.165, 1.54) is 21.4 Å². The Hall–Kier alpha value is -1.71. The van der Waals surface area contributed by atoms with Crippen molar-refractivity contribution < 1.29 is 0 Å². The SMILES string of the molecule is CCC(N)c1ccccc1Sc1cc2ccccc2[nH]1. The van der Waals surface area contributed by atoms with Gasteiger partial charge in [-0.1, -0.05) is 55.1 Å². The maximum atomic E-state index is 6.20. The van der Waals surface area contributed by atoms with E-state index in [-0.39, 0.29) is 6.04 Å². The molecule has 1 atom stereocenters. The summed E-state index contributed by atoms with van der Waals surface area (Å²) in [5.74, 6) is 0. The Bertz CT molecular complexity index is 685. The van der Waals surface area contributed by atoms with Gasteiger partial charge in [0.2, 0.25) is 0 Å². The van der Waals surface area contributed by atoms with Crippen molar-refractivity contribution in [3.05, 3.63) is 60.2 Å². The van der Waals surface area contributed by atoms with E-state index >= 15 is 0 Å². The number of nitrogens with two attached hydrogens (primary N) is 1. The standard InChI is InChI=1S/C17H18N2S/c1-2-14(18)13-8-4-6-10-16(13)20-17-11-12-7-3-5-9-15(12)19-17/h3-11,14,19H,2,18H2,1H3. The van der Waals surface area contributed by atoms with E-state index in [4.69, 9.17) is 5.73 Å². The van der Waals surface area contributed by atoms with Gasteiger partial charge < -0.3 is 10.7 Å². The average molecular weight is 282 g/mol. The second-order valence-electron chi connectivity index (χ2n) is 4.88. The van der Waals surface area contributed by atoms with Crippen LogP contribution in [0.3, 0.4) is 0 Å². The molecule has 3 N–H and O–H groups in total. The predicted octanol–water partition coefficient (Wildman–Crippen LogP) is 4.73. The lowest BCUT2D eigenvalue weighted by molar-refractivity contribution is 0.685. The highest BCUT2D eigenvalue weighted by atomic mass is 32.2. The third-order valence-corrected chi connectivity index (χ3v) is 4.52. The number of hydrogen-bond acceptors (Lipinski definition) is 2. The van der Waals surface area contributed by atoms with Crippen molar-refractivity contribution in [2.75, 3.05) is 0 Å². The van der Waals surface area contributed by atoms with Gasteiger partial charge in [0.25, 0.3) is 0 Å². The van der Waals surface area contributed by atoms with Gasteiger partial charge in [-0.2, -0.15) is 0 Å². The van der Waals surface area contributed by atoms with Crippen molar-refractivity contribution >= 4 is 22.7 Å². The number of nitrogens with one attached hydrogen (secondary N) is 1. The molecule has 0 spiro atoms. The van der Waals surface area contributed by atoms with Gasteiger partial charge in [-0.15, -0.1) is 0 Å². The summed E-state index contributed by atoms with van der Waals surface area (Å²) in [6, 6.07) is 19.0. The van der Waals surface area contributed by atoms with Crippen molar-refractivity contribution in [3.63, 3.8) is 0 Å². The first kappa shape index (κ1) is 13.3. The van der Waals surface area contributed by atoms with Gasteiger partial charge in [-0.05, 0) is 30.2 Å². The molecule has 1 unspecified atom stereocenters. The van der Waals surface area contributed by atoms with Crippen LogP contribution in [0.25, 0.3) is 10.9 Å². The summed E-state index contributed by atoms with van der Waals surface area (Å²) in [5.41, 5.74) is 8.59. The lowest BCUT2D eigenvalue weighted by Gasteiger charge is -2.13.